The zero-order valence-electron chi connectivity index (χ0n) is 15.9. The predicted molar refractivity (Wildman–Crippen MR) is 110 cm³/mol. The maximum atomic E-state index is 12.7. The number of urea groups is 1. The number of fused-ring (bicyclic) bond motifs is 1. The number of nitrogens with zero attached hydrogens (tertiary/aromatic N) is 3. The molecule has 0 unspecified atom stereocenters. The van der Waals surface area contributed by atoms with E-state index in [9.17, 15) is 13.2 Å². The molecular weight excluding hydrogens is 390 g/mol. The molecule has 152 valence electrons. The maximum absolute atomic E-state index is 12.7. The maximum Gasteiger partial charge on any atom is 0.334 e. The van der Waals surface area contributed by atoms with E-state index < -0.39 is 10.0 Å². The Kier molecular flexibility index (Phi) is 5.50. The molecule has 3 aromatic rings. The van der Waals surface area contributed by atoms with Crippen LogP contribution in [-0.4, -0.2) is 41.5 Å². The van der Waals surface area contributed by atoms with E-state index in [0.29, 0.717) is 13.1 Å². The summed E-state index contributed by atoms with van der Waals surface area (Å²) >= 11 is 0. The number of amides is 2. The largest absolute Gasteiger partial charge is 0.334 e. The van der Waals surface area contributed by atoms with E-state index in [1.165, 1.54) is 0 Å². The van der Waals surface area contributed by atoms with Gasteiger partial charge in [0.15, 0.2) is 0 Å². The zero-order valence-corrected chi connectivity index (χ0v) is 16.7. The normalized spacial score (nSPS) is 15.3. The number of hydrogen-bond acceptors (Lipinski definition) is 4. The Morgan fingerprint density at radius 2 is 1.72 bits per heavy atom. The lowest BCUT2D eigenvalue weighted by atomic mass is 10.2. The van der Waals surface area contributed by atoms with Gasteiger partial charge in [-0.15, -0.1) is 0 Å². The first-order chi connectivity index (χ1) is 14.0. The number of benzene rings is 2. The SMILES string of the molecule is O=C(NCc1ccc(S(=O)(=O)N2CCCCC2)cc1)Nn1cnc2ccccc21. The average Bonchev–Trinajstić information content (AvgIpc) is 3.16. The van der Waals surface area contributed by atoms with E-state index in [0.717, 1.165) is 35.9 Å². The Labute approximate surface area is 169 Å². The number of para-hydroxylation sites is 2. The predicted octanol–water partition coefficient (Wildman–Crippen LogP) is 2.66. The highest BCUT2D eigenvalue weighted by atomic mass is 32.2. The third kappa shape index (κ3) is 4.25. The fourth-order valence-corrected chi connectivity index (χ4v) is 4.93. The first-order valence-corrected chi connectivity index (χ1v) is 11.0. The monoisotopic (exact) mass is 413 g/mol. The highest BCUT2D eigenvalue weighted by Crippen LogP contribution is 2.20. The van der Waals surface area contributed by atoms with Gasteiger partial charge in [-0.25, -0.2) is 28.3 Å². The molecule has 0 radical (unpaired) electrons. The summed E-state index contributed by atoms with van der Waals surface area (Å²) in [5, 5.41) is 2.76. The van der Waals surface area contributed by atoms with Gasteiger partial charge in [0.1, 0.15) is 6.33 Å². The standard InChI is InChI=1S/C20H23N5O3S/c26-20(23-25-15-22-18-6-2-3-7-19(18)25)21-14-16-8-10-17(11-9-16)29(27,28)24-12-4-1-5-13-24/h2-3,6-11,15H,1,4-5,12-14H2,(H2,21,23,26). The van der Waals surface area contributed by atoms with E-state index in [2.05, 4.69) is 15.7 Å². The summed E-state index contributed by atoms with van der Waals surface area (Å²) in [6.45, 7) is 1.44. The molecule has 2 heterocycles. The van der Waals surface area contributed by atoms with Gasteiger partial charge in [0.2, 0.25) is 10.0 Å². The lowest BCUT2D eigenvalue weighted by molar-refractivity contribution is 0.249. The van der Waals surface area contributed by atoms with Crippen LogP contribution < -0.4 is 10.7 Å². The number of rotatable bonds is 5. The van der Waals surface area contributed by atoms with Crippen LogP contribution in [0.3, 0.4) is 0 Å². The van der Waals surface area contributed by atoms with Crippen molar-refractivity contribution in [1.82, 2.24) is 19.3 Å². The molecule has 1 aliphatic heterocycles. The number of sulfonamides is 1. The minimum Gasteiger partial charge on any atom is -0.333 e. The third-order valence-corrected chi connectivity index (χ3v) is 6.92. The van der Waals surface area contributed by atoms with Gasteiger partial charge in [0.25, 0.3) is 0 Å². The van der Waals surface area contributed by atoms with Crippen LogP contribution in [0.2, 0.25) is 0 Å². The smallest absolute Gasteiger partial charge is 0.333 e. The fraction of sp³-hybridized carbons (Fsp3) is 0.300. The number of nitrogens with one attached hydrogen (secondary N) is 2. The molecule has 0 aliphatic carbocycles. The molecule has 2 N–H and O–H groups in total. The van der Waals surface area contributed by atoms with Crippen LogP contribution in [0.1, 0.15) is 24.8 Å². The van der Waals surface area contributed by atoms with Crippen molar-refractivity contribution in [2.24, 2.45) is 0 Å². The Hall–Kier alpha value is -2.91. The second-order valence-electron chi connectivity index (χ2n) is 7.01. The van der Waals surface area contributed by atoms with Crippen LogP contribution in [0, 0.1) is 0 Å². The van der Waals surface area contributed by atoms with Gasteiger partial charge in [0.05, 0.1) is 15.9 Å². The molecule has 1 aromatic heterocycles. The summed E-state index contributed by atoms with van der Waals surface area (Å²) in [6.07, 6.45) is 4.43. The average molecular weight is 414 g/mol. The third-order valence-electron chi connectivity index (χ3n) is 5.00. The molecule has 0 atom stereocenters. The summed E-state index contributed by atoms with van der Waals surface area (Å²) in [5.74, 6) is 0. The van der Waals surface area contributed by atoms with Gasteiger partial charge in [-0.05, 0) is 42.7 Å². The van der Waals surface area contributed by atoms with Crippen LogP contribution in [0.25, 0.3) is 11.0 Å². The molecule has 0 bridgehead atoms. The summed E-state index contributed by atoms with van der Waals surface area (Å²) in [7, 11) is -3.44. The molecule has 2 aromatic carbocycles. The fourth-order valence-electron chi connectivity index (χ4n) is 3.41. The molecule has 8 nitrogen and oxygen atoms in total. The summed E-state index contributed by atoms with van der Waals surface area (Å²) in [5.41, 5.74) is 5.12. The Bertz CT molecular complexity index is 1100. The van der Waals surface area contributed by atoms with Crippen LogP contribution in [0.4, 0.5) is 4.79 Å². The zero-order chi connectivity index (χ0) is 20.3. The molecule has 4 rings (SSSR count). The minimum absolute atomic E-state index is 0.280. The first-order valence-electron chi connectivity index (χ1n) is 9.60. The summed E-state index contributed by atoms with van der Waals surface area (Å²) in [6, 6.07) is 13.8. The molecule has 1 aliphatic rings. The second kappa shape index (κ2) is 8.22. The van der Waals surface area contributed by atoms with E-state index in [1.807, 2.05) is 24.3 Å². The van der Waals surface area contributed by atoms with Crippen LogP contribution >= 0.6 is 0 Å². The van der Waals surface area contributed by atoms with E-state index >= 15 is 0 Å². The number of carbonyl (C=O) groups is 1. The van der Waals surface area contributed by atoms with Gasteiger partial charge < -0.3 is 5.32 Å². The molecule has 1 fully saturated rings. The van der Waals surface area contributed by atoms with Crippen molar-refractivity contribution >= 4 is 27.1 Å². The number of piperidine rings is 1. The van der Waals surface area contributed by atoms with Crippen molar-refractivity contribution in [2.75, 3.05) is 18.5 Å². The topological polar surface area (TPSA) is 96.3 Å². The van der Waals surface area contributed by atoms with Crippen molar-refractivity contribution in [1.29, 1.82) is 0 Å². The number of imidazole rings is 1. The highest BCUT2D eigenvalue weighted by Gasteiger charge is 2.25. The first kappa shape index (κ1) is 19.4. The summed E-state index contributed by atoms with van der Waals surface area (Å²) < 4.78 is 28.5. The van der Waals surface area contributed by atoms with Crippen molar-refractivity contribution in [2.45, 2.75) is 30.7 Å². The van der Waals surface area contributed by atoms with Crippen LogP contribution in [0.5, 0.6) is 0 Å². The molecular formula is C20H23N5O3S. The van der Waals surface area contributed by atoms with Crippen LogP contribution in [-0.2, 0) is 16.6 Å². The Morgan fingerprint density at radius 1 is 1.00 bits per heavy atom. The van der Waals surface area contributed by atoms with Crippen molar-refractivity contribution in [3.8, 4) is 0 Å². The number of carbonyl (C=O) groups excluding carboxylic acids is 1. The number of aromatic nitrogens is 2. The Morgan fingerprint density at radius 3 is 2.48 bits per heavy atom. The van der Waals surface area contributed by atoms with E-state index in [4.69, 9.17) is 0 Å². The van der Waals surface area contributed by atoms with E-state index in [-0.39, 0.29) is 17.5 Å². The van der Waals surface area contributed by atoms with Crippen molar-refractivity contribution < 1.29 is 13.2 Å². The molecule has 9 heteroatoms. The molecule has 1 saturated heterocycles. The minimum atomic E-state index is -3.44. The van der Waals surface area contributed by atoms with Gasteiger partial charge in [-0.2, -0.15) is 4.31 Å². The molecule has 2 amide bonds. The highest BCUT2D eigenvalue weighted by molar-refractivity contribution is 7.89. The molecule has 0 saturated carbocycles. The number of hydrogen-bond donors (Lipinski definition) is 2. The lowest BCUT2D eigenvalue weighted by Gasteiger charge is -2.25. The van der Waals surface area contributed by atoms with Gasteiger partial charge in [-0.1, -0.05) is 30.7 Å². The van der Waals surface area contributed by atoms with Crippen molar-refractivity contribution in [3.05, 3.63) is 60.4 Å². The van der Waals surface area contributed by atoms with Gasteiger partial charge in [0, 0.05) is 19.6 Å². The van der Waals surface area contributed by atoms with E-state index in [1.54, 1.807) is 39.6 Å². The molecule has 0 spiro atoms. The van der Waals surface area contributed by atoms with Gasteiger partial charge >= 0.3 is 6.03 Å². The quantitative estimate of drug-likeness (QED) is 0.672. The lowest BCUT2D eigenvalue weighted by Crippen LogP contribution is -2.35. The van der Waals surface area contributed by atoms with Crippen molar-refractivity contribution in [3.63, 3.8) is 0 Å². The Balaban J connectivity index is 1.36. The molecule has 29 heavy (non-hydrogen) atoms. The van der Waals surface area contributed by atoms with Crippen LogP contribution in [0.15, 0.2) is 59.8 Å². The summed E-state index contributed by atoms with van der Waals surface area (Å²) in [4.78, 5) is 16.7. The second-order valence-corrected chi connectivity index (χ2v) is 8.94. The van der Waals surface area contributed by atoms with Gasteiger partial charge in [-0.3, -0.25) is 0 Å².